The predicted octanol–water partition coefficient (Wildman–Crippen LogP) is 2.37. The van der Waals surface area contributed by atoms with E-state index in [1.54, 1.807) is 7.11 Å². The van der Waals surface area contributed by atoms with Gasteiger partial charge in [0, 0.05) is 7.11 Å². The SMILES string of the molecule is COC(C)C(O)c1cccc(C)c1C. The lowest BCUT2D eigenvalue weighted by molar-refractivity contribution is -0.00175. The monoisotopic (exact) mass is 194 g/mol. The number of aliphatic hydroxyl groups is 1. The van der Waals surface area contributed by atoms with Gasteiger partial charge in [0.1, 0.15) is 6.10 Å². The van der Waals surface area contributed by atoms with Crippen molar-refractivity contribution in [3.05, 3.63) is 34.9 Å². The molecule has 0 bridgehead atoms. The van der Waals surface area contributed by atoms with Crippen LogP contribution in [-0.2, 0) is 4.74 Å². The van der Waals surface area contributed by atoms with E-state index in [-0.39, 0.29) is 6.10 Å². The van der Waals surface area contributed by atoms with Crippen LogP contribution in [0.25, 0.3) is 0 Å². The Hall–Kier alpha value is -0.860. The third kappa shape index (κ3) is 2.14. The lowest BCUT2D eigenvalue weighted by atomic mass is 9.97. The highest BCUT2D eigenvalue weighted by Crippen LogP contribution is 2.23. The van der Waals surface area contributed by atoms with Gasteiger partial charge in [-0.1, -0.05) is 18.2 Å². The molecule has 2 nitrogen and oxygen atoms in total. The quantitative estimate of drug-likeness (QED) is 0.800. The Balaban J connectivity index is 3.01. The average molecular weight is 194 g/mol. The van der Waals surface area contributed by atoms with Gasteiger partial charge in [0.25, 0.3) is 0 Å². The van der Waals surface area contributed by atoms with E-state index in [0.717, 1.165) is 11.1 Å². The summed E-state index contributed by atoms with van der Waals surface area (Å²) in [6.07, 6.45) is -0.713. The second kappa shape index (κ2) is 4.58. The maximum absolute atomic E-state index is 9.97. The third-order valence-electron chi connectivity index (χ3n) is 2.78. The van der Waals surface area contributed by atoms with Crippen LogP contribution in [0.2, 0.25) is 0 Å². The highest BCUT2D eigenvalue weighted by molar-refractivity contribution is 5.34. The molecule has 0 spiro atoms. The molecule has 0 heterocycles. The zero-order chi connectivity index (χ0) is 10.7. The molecule has 78 valence electrons. The molecule has 0 saturated heterocycles. The van der Waals surface area contributed by atoms with Gasteiger partial charge in [0.2, 0.25) is 0 Å². The number of ether oxygens (including phenoxy) is 1. The summed E-state index contributed by atoms with van der Waals surface area (Å²) in [7, 11) is 1.61. The summed E-state index contributed by atoms with van der Waals surface area (Å²) in [5.74, 6) is 0. The van der Waals surface area contributed by atoms with Gasteiger partial charge in [-0.25, -0.2) is 0 Å². The largest absolute Gasteiger partial charge is 0.386 e. The van der Waals surface area contributed by atoms with Crippen LogP contribution in [0.3, 0.4) is 0 Å². The Kier molecular flexibility index (Phi) is 3.67. The van der Waals surface area contributed by atoms with E-state index in [4.69, 9.17) is 4.74 Å². The molecule has 0 aliphatic heterocycles. The molecule has 0 saturated carbocycles. The first-order valence-corrected chi connectivity index (χ1v) is 4.85. The second-order valence-corrected chi connectivity index (χ2v) is 3.67. The Morgan fingerprint density at radius 1 is 1.29 bits per heavy atom. The van der Waals surface area contributed by atoms with Gasteiger partial charge in [-0.3, -0.25) is 0 Å². The molecular formula is C12H18O2. The zero-order valence-corrected chi connectivity index (χ0v) is 9.24. The van der Waals surface area contributed by atoms with Crippen molar-refractivity contribution in [3.8, 4) is 0 Å². The first kappa shape index (κ1) is 11.2. The summed E-state index contributed by atoms with van der Waals surface area (Å²) >= 11 is 0. The van der Waals surface area contributed by atoms with Gasteiger partial charge >= 0.3 is 0 Å². The molecule has 1 rings (SSSR count). The third-order valence-corrected chi connectivity index (χ3v) is 2.78. The minimum absolute atomic E-state index is 0.171. The Morgan fingerprint density at radius 3 is 2.50 bits per heavy atom. The summed E-state index contributed by atoms with van der Waals surface area (Å²) in [6, 6.07) is 5.95. The van der Waals surface area contributed by atoms with Crippen LogP contribution in [0.4, 0.5) is 0 Å². The number of methoxy groups -OCH3 is 1. The van der Waals surface area contributed by atoms with E-state index >= 15 is 0 Å². The highest BCUT2D eigenvalue weighted by atomic mass is 16.5. The smallest absolute Gasteiger partial charge is 0.105 e. The van der Waals surface area contributed by atoms with Crippen LogP contribution in [0.1, 0.15) is 29.7 Å². The molecule has 2 unspecified atom stereocenters. The molecule has 1 aromatic rings. The maximum Gasteiger partial charge on any atom is 0.105 e. The molecule has 2 atom stereocenters. The van der Waals surface area contributed by atoms with Crippen molar-refractivity contribution in [1.29, 1.82) is 0 Å². The van der Waals surface area contributed by atoms with Crippen LogP contribution in [-0.4, -0.2) is 18.3 Å². The first-order chi connectivity index (χ1) is 6.57. The van der Waals surface area contributed by atoms with Crippen molar-refractivity contribution in [3.63, 3.8) is 0 Å². The Bertz CT molecular complexity index is 307. The molecule has 0 aliphatic rings. The molecule has 14 heavy (non-hydrogen) atoms. The zero-order valence-electron chi connectivity index (χ0n) is 9.24. The van der Waals surface area contributed by atoms with E-state index in [1.807, 2.05) is 39.0 Å². The van der Waals surface area contributed by atoms with Crippen LogP contribution in [0, 0.1) is 13.8 Å². The van der Waals surface area contributed by atoms with E-state index in [9.17, 15) is 5.11 Å². The van der Waals surface area contributed by atoms with Crippen molar-refractivity contribution >= 4 is 0 Å². The average Bonchev–Trinajstić information content (AvgIpc) is 2.20. The van der Waals surface area contributed by atoms with E-state index in [0.29, 0.717) is 0 Å². The fourth-order valence-electron chi connectivity index (χ4n) is 1.48. The van der Waals surface area contributed by atoms with Gasteiger partial charge in [0.05, 0.1) is 6.10 Å². The summed E-state index contributed by atoms with van der Waals surface area (Å²) < 4.78 is 5.11. The summed E-state index contributed by atoms with van der Waals surface area (Å²) in [5, 5.41) is 9.97. The number of hydrogen-bond acceptors (Lipinski definition) is 2. The van der Waals surface area contributed by atoms with E-state index in [1.165, 1.54) is 5.56 Å². The normalized spacial score (nSPS) is 15.2. The summed E-state index contributed by atoms with van der Waals surface area (Å²) in [6.45, 7) is 5.94. The molecule has 1 N–H and O–H groups in total. The van der Waals surface area contributed by atoms with Crippen LogP contribution >= 0.6 is 0 Å². The molecular weight excluding hydrogens is 176 g/mol. The first-order valence-electron chi connectivity index (χ1n) is 4.85. The van der Waals surface area contributed by atoms with Crippen molar-refractivity contribution in [2.45, 2.75) is 33.0 Å². The molecule has 0 aromatic heterocycles. The number of benzene rings is 1. The van der Waals surface area contributed by atoms with Crippen LogP contribution in [0.15, 0.2) is 18.2 Å². The lowest BCUT2D eigenvalue weighted by Crippen LogP contribution is -2.17. The lowest BCUT2D eigenvalue weighted by Gasteiger charge is -2.20. The van der Waals surface area contributed by atoms with Crippen LogP contribution in [0.5, 0.6) is 0 Å². The number of rotatable bonds is 3. The summed E-state index contributed by atoms with van der Waals surface area (Å²) in [5.41, 5.74) is 3.30. The van der Waals surface area contributed by atoms with Gasteiger partial charge < -0.3 is 9.84 Å². The van der Waals surface area contributed by atoms with Gasteiger partial charge in [0.15, 0.2) is 0 Å². The standard InChI is InChI=1S/C12H18O2/c1-8-6-5-7-11(9(8)2)12(13)10(3)14-4/h5-7,10,12-13H,1-4H3. The van der Waals surface area contributed by atoms with E-state index in [2.05, 4.69) is 0 Å². The minimum atomic E-state index is -0.542. The molecule has 2 heteroatoms. The number of hydrogen-bond donors (Lipinski definition) is 1. The van der Waals surface area contributed by atoms with Crippen LogP contribution < -0.4 is 0 Å². The highest BCUT2D eigenvalue weighted by Gasteiger charge is 2.17. The number of aliphatic hydroxyl groups excluding tert-OH is 1. The molecule has 1 aromatic carbocycles. The maximum atomic E-state index is 9.97. The summed E-state index contributed by atoms with van der Waals surface area (Å²) in [4.78, 5) is 0. The minimum Gasteiger partial charge on any atom is -0.386 e. The van der Waals surface area contributed by atoms with Crippen molar-refractivity contribution < 1.29 is 9.84 Å². The van der Waals surface area contributed by atoms with Crippen molar-refractivity contribution in [1.82, 2.24) is 0 Å². The second-order valence-electron chi connectivity index (χ2n) is 3.67. The molecule has 0 aliphatic carbocycles. The Morgan fingerprint density at radius 2 is 1.93 bits per heavy atom. The molecule has 0 fully saturated rings. The fraction of sp³-hybridized carbons (Fsp3) is 0.500. The van der Waals surface area contributed by atoms with Crippen molar-refractivity contribution in [2.24, 2.45) is 0 Å². The van der Waals surface area contributed by atoms with E-state index < -0.39 is 6.10 Å². The molecule has 0 radical (unpaired) electrons. The molecule has 0 amide bonds. The fourth-order valence-corrected chi connectivity index (χ4v) is 1.48. The van der Waals surface area contributed by atoms with Gasteiger partial charge in [-0.05, 0) is 37.5 Å². The number of aryl methyl sites for hydroxylation is 1. The Labute approximate surface area is 85.5 Å². The van der Waals surface area contributed by atoms with Gasteiger partial charge in [-0.2, -0.15) is 0 Å². The predicted molar refractivity (Wildman–Crippen MR) is 57.3 cm³/mol. The topological polar surface area (TPSA) is 29.5 Å². The van der Waals surface area contributed by atoms with Gasteiger partial charge in [-0.15, -0.1) is 0 Å². The van der Waals surface area contributed by atoms with Crippen molar-refractivity contribution in [2.75, 3.05) is 7.11 Å².